The van der Waals surface area contributed by atoms with Crippen LogP contribution in [0.25, 0.3) is 0 Å². The van der Waals surface area contributed by atoms with Crippen LogP contribution >= 0.6 is 0 Å². The Labute approximate surface area is 104 Å². The van der Waals surface area contributed by atoms with Crippen molar-refractivity contribution < 1.29 is 4.74 Å². The summed E-state index contributed by atoms with van der Waals surface area (Å²) in [5.74, 6) is 1.38. The van der Waals surface area contributed by atoms with Crippen molar-refractivity contribution in [2.24, 2.45) is 0 Å². The first-order valence-corrected chi connectivity index (χ1v) is 6.04. The van der Waals surface area contributed by atoms with Crippen molar-refractivity contribution in [3.63, 3.8) is 0 Å². The highest BCUT2D eigenvalue weighted by Crippen LogP contribution is 2.33. The molecule has 2 nitrogen and oxygen atoms in total. The van der Waals surface area contributed by atoms with Gasteiger partial charge in [-0.25, -0.2) is 0 Å². The Bertz CT molecular complexity index is 443. The maximum Gasteiger partial charge on any atom is 0.122 e. The van der Waals surface area contributed by atoms with Crippen LogP contribution < -0.4 is 4.74 Å². The fourth-order valence-corrected chi connectivity index (χ4v) is 2.46. The average Bonchev–Trinajstić information content (AvgIpc) is 2.31. The van der Waals surface area contributed by atoms with Gasteiger partial charge in [-0.2, -0.15) is 5.26 Å². The zero-order valence-corrected chi connectivity index (χ0v) is 11.4. The summed E-state index contributed by atoms with van der Waals surface area (Å²) in [6.45, 7) is 8.54. The largest absolute Gasteiger partial charge is 0.496 e. The van der Waals surface area contributed by atoms with Gasteiger partial charge in [-0.3, -0.25) is 0 Å². The molecule has 0 aliphatic rings. The van der Waals surface area contributed by atoms with Gasteiger partial charge in [0.25, 0.3) is 0 Å². The van der Waals surface area contributed by atoms with Gasteiger partial charge < -0.3 is 4.74 Å². The van der Waals surface area contributed by atoms with E-state index in [9.17, 15) is 0 Å². The second-order valence-electron chi connectivity index (χ2n) is 4.66. The molecule has 0 heterocycles. The van der Waals surface area contributed by atoms with E-state index in [1.807, 2.05) is 0 Å². The van der Waals surface area contributed by atoms with E-state index < -0.39 is 0 Å². The van der Waals surface area contributed by atoms with Gasteiger partial charge in [-0.15, -0.1) is 0 Å². The smallest absolute Gasteiger partial charge is 0.122 e. The molecule has 0 amide bonds. The third-order valence-corrected chi connectivity index (χ3v) is 3.51. The van der Waals surface area contributed by atoms with Crippen molar-refractivity contribution in [2.75, 3.05) is 7.11 Å². The van der Waals surface area contributed by atoms with E-state index >= 15 is 0 Å². The molecule has 1 aromatic carbocycles. The van der Waals surface area contributed by atoms with Crippen LogP contribution in [-0.4, -0.2) is 7.11 Å². The van der Waals surface area contributed by atoms with E-state index in [0.29, 0.717) is 12.3 Å². The van der Waals surface area contributed by atoms with Crippen molar-refractivity contribution in [1.82, 2.24) is 0 Å². The first kappa shape index (κ1) is 13.6. The third kappa shape index (κ3) is 2.79. The lowest BCUT2D eigenvalue weighted by molar-refractivity contribution is 0.410. The predicted molar refractivity (Wildman–Crippen MR) is 70.5 cm³/mol. The van der Waals surface area contributed by atoms with E-state index in [1.54, 1.807) is 7.11 Å². The molecule has 17 heavy (non-hydrogen) atoms. The molecule has 0 aromatic heterocycles. The molecule has 0 fully saturated rings. The second kappa shape index (κ2) is 5.72. The van der Waals surface area contributed by atoms with Gasteiger partial charge >= 0.3 is 0 Å². The predicted octanol–water partition coefficient (Wildman–Crippen LogP) is 4.03. The summed E-state index contributed by atoms with van der Waals surface area (Å²) >= 11 is 0. The Morgan fingerprint density at radius 1 is 1.29 bits per heavy atom. The lowest BCUT2D eigenvalue weighted by Crippen LogP contribution is -2.03. The van der Waals surface area contributed by atoms with Crippen molar-refractivity contribution in [3.8, 4) is 11.8 Å². The summed E-state index contributed by atoms with van der Waals surface area (Å²) in [6, 6.07) is 4.32. The van der Waals surface area contributed by atoms with Gasteiger partial charge in [0, 0.05) is 6.42 Å². The van der Waals surface area contributed by atoms with Crippen LogP contribution in [0.3, 0.4) is 0 Å². The number of nitrogens with zero attached hydrogens (tertiary/aromatic N) is 1. The Kier molecular flexibility index (Phi) is 4.57. The Balaban J connectivity index is 3.17. The highest BCUT2D eigenvalue weighted by Gasteiger charge is 2.15. The van der Waals surface area contributed by atoms with Crippen molar-refractivity contribution >= 4 is 0 Å². The molecule has 0 saturated heterocycles. The standard InChI is InChI=1S/C15H21NO/c1-10(7-6-8-16)15-11(2)9-14(17-5)12(3)13(15)4/h9-10H,6-7H2,1-5H3. The van der Waals surface area contributed by atoms with Crippen LogP contribution in [-0.2, 0) is 0 Å². The molecule has 1 aromatic rings. The zero-order valence-electron chi connectivity index (χ0n) is 11.4. The second-order valence-corrected chi connectivity index (χ2v) is 4.66. The normalized spacial score (nSPS) is 12.0. The Hall–Kier alpha value is -1.49. The molecular formula is C15H21NO. The lowest BCUT2D eigenvalue weighted by atomic mass is 9.86. The number of hydrogen-bond acceptors (Lipinski definition) is 2. The highest BCUT2D eigenvalue weighted by molar-refractivity contribution is 5.49. The molecule has 1 atom stereocenters. The molecule has 0 radical (unpaired) electrons. The van der Waals surface area contributed by atoms with Gasteiger partial charge in [-0.05, 0) is 61.4 Å². The number of rotatable bonds is 4. The summed E-state index contributed by atoms with van der Waals surface area (Å²) in [5.41, 5.74) is 5.14. The fraction of sp³-hybridized carbons (Fsp3) is 0.533. The van der Waals surface area contributed by atoms with E-state index in [-0.39, 0.29) is 0 Å². The van der Waals surface area contributed by atoms with E-state index in [2.05, 4.69) is 39.8 Å². The molecule has 1 unspecified atom stereocenters. The lowest BCUT2D eigenvalue weighted by Gasteiger charge is -2.20. The number of nitriles is 1. The summed E-state index contributed by atoms with van der Waals surface area (Å²) in [7, 11) is 1.71. The quantitative estimate of drug-likeness (QED) is 0.783. The minimum Gasteiger partial charge on any atom is -0.496 e. The summed E-state index contributed by atoms with van der Waals surface area (Å²) < 4.78 is 5.37. The molecule has 0 N–H and O–H groups in total. The van der Waals surface area contributed by atoms with Gasteiger partial charge in [0.05, 0.1) is 13.2 Å². The van der Waals surface area contributed by atoms with Crippen molar-refractivity contribution in [2.45, 2.75) is 46.5 Å². The number of benzene rings is 1. The molecule has 2 heteroatoms. The topological polar surface area (TPSA) is 33.0 Å². The van der Waals surface area contributed by atoms with Gasteiger partial charge in [-0.1, -0.05) is 6.92 Å². The molecule has 0 aliphatic heterocycles. The Morgan fingerprint density at radius 3 is 2.47 bits per heavy atom. The number of hydrogen-bond donors (Lipinski definition) is 0. The summed E-state index contributed by atoms with van der Waals surface area (Å²) in [5, 5.41) is 8.67. The SMILES string of the molecule is COc1cc(C)c(C(C)CCC#N)c(C)c1C. The molecule has 0 aliphatic carbocycles. The van der Waals surface area contributed by atoms with Crippen LogP contribution in [0, 0.1) is 32.1 Å². The fourth-order valence-electron chi connectivity index (χ4n) is 2.46. The van der Waals surface area contributed by atoms with Gasteiger partial charge in [0.2, 0.25) is 0 Å². The molecule has 0 spiro atoms. The van der Waals surface area contributed by atoms with Crippen molar-refractivity contribution in [1.29, 1.82) is 5.26 Å². The van der Waals surface area contributed by atoms with Gasteiger partial charge in [0.1, 0.15) is 5.75 Å². The maximum atomic E-state index is 8.67. The Morgan fingerprint density at radius 2 is 1.94 bits per heavy atom. The highest BCUT2D eigenvalue weighted by atomic mass is 16.5. The molecule has 92 valence electrons. The van der Waals surface area contributed by atoms with Gasteiger partial charge in [0.15, 0.2) is 0 Å². The number of aryl methyl sites for hydroxylation is 1. The van der Waals surface area contributed by atoms with Crippen LogP contribution in [0.5, 0.6) is 5.75 Å². The van der Waals surface area contributed by atoms with Crippen LogP contribution in [0.2, 0.25) is 0 Å². The molecule has 0 saturated carbocycles. The number of ether oxygens (including phenoxy) is 1. The average molecular weight is 231 g/mol. The first-order valence-electron chi connectivity index (χ1n) is 6.04. The molecule has 0 bridgehead atoms. The monoisotopic (exact) mass is 231 g/mol. The van der Waals surface area contributed by atoms with Crippen LogP contribution in [0.15, 0.2) is 6.07 Å². The molecule has 1 rings (SSSR count). The van der Waals surface area contributed by atoms with E-state index in [0.717, 1.165) is 12.2 Å². The first-order chi connectivity index (χ1) is 8.02. The molecular weight excluding hydrogens is 210 g/mol. The maximum absolute atomic E-state index is 8.67. The third-order valence-electron chi connectivity index (χ3n) is 3.51. The van der Waals surface area contributed by atoms with E-state index in [1.165, 1.54) is 22.3 Å². The zero-order chi connectivity index (χ0) is 13.0. The minimum absolute atomic E-state index is 0.430. The van der Waals surface area contributed by atoms with Crippen LogP contribution in [0.4, 0.5) is 0 Å². The summed E-state index contributed by atoms with van der Waals surface area (Å²) in [6.07, 6.45) is 1.54. The summed E-state index contributed by atoms with van der Waals surface area (Å²) in [4.78, 5) is 0. The number of methoxy groups -OCH3 is 1. The van der Waals surface area contributed by atoms with Crippen LogP contribution in [0.1, 0.15) is 47.9 Å². The van der Waals surface area contributed by atoms with E-state index in [4.69, 9.17) is 10.00 Å². The minimum atomic E-state index is 0.430. The van der Waals surface area contributed by atoms with Crippen molar-refractivity contribution in [3.05, 3.63) is 28.3 Å².